The molecular formula is C8H10N2O3. The summed E-state index contributed by atoms with van der Waals surface area (Å²) < 4.78 is 4.95. The highest BCUT2D eigenvalue weighted by molar-refractivity contribution is 5.79. The number of hydrogen-bond acceptors (Lipinski definition) is 4. The summed E-state index contributed by atoms with van der Waals surface area (Å²) in [6.45, 7) is 2.26. The standard InChI is InChI=1S/C8H10N2O3/c1-6-7(10-5-13-6)4-9-3-2-8(11)12/h2-3,5,9H,4H2,1H3,(H,11,12)/b3-2+. The number of nitrogens with zero attached hydrogens (tertiary/aromatic N) is 1. The molecule has 5 heteroatoms. The first-order chi connectivity index (χ1) is 6.20. The predicted molar refractivity (Wildman–Crippen MR) is 44.9 cm³/mol. The Morgan fingerprint density at radius 1 is 1.85 bits per heavy atom. The number of carboxylic acids is 1. The van der Waals surface area contributed by atoms with E-state index in [1.807, 2.05) is 0 Å². The van der Waals surface area contributed by atoms with Crippen LogP contribution in [-0.2, 0) is 11.3 Å². The van der Waals surface area contributed by atoms with E-state index in [1.165, 1.54) is 12.6 Å². The zero-order chi connectivity index (χ0) is 9.68. The monoisotopic (exact) mass is 182 g/mol. The molecule has 0 amide bonds. The molecule has 0 fully saturated rings. The predicted octanol–water partition coefficient (Wildman–Crippen LogP) is 0.671. The molecule has 1 rings (SSSR count). The van der Waals surface area contributed by atoms with Gasteiger partial charge in [0.15, 0.2) is 6.39 Å². The number of aromatic nitrogens is 1. The highest BCUT2D eigenvalue weighted by atomic mass is 16.4. The molecule has 13 heavy (non-hydrogen) atoms. The van der Waals surface area contributed by atoms with Crippen molar-refractivity contribution in [3.05, 3.63) is 30.1 Å². The molecule has 0 aliphatic rings. The van der Waals surface area contributed by atoms with Crippen molar-refractivity contribution in [1.82, 2.24) is 10.3 Å². The summed E-state index contributed by atoms with van der Waals surface area (Å²) in [5.74, 6) is -0.249. The van der Waals surface area contributed by atoms with E-state index in [4.69, 9.17) is 9.52 Å². The van der Waals surface area contributed by atoms with Crippen molar-refractivity contribution in [3.8, 4) is 0 Å². The van der Waals surface area contributed by atoms with Gasteiger partial charge in [0.1, 0.15) is 11.5 Å². The largest absolute Gasteiger partial charge is 0.478 e. The van der Waals surface area contributed by atoms with Crippen molar-refractivity contribution in [2.75, 3.05) is 0 Å². The molecule has 0 bridgehead atoms. The van der Waals surface area contributed by atoms with Crippen LogP contribution in [0.4, 0.5) is 0 Å². The number of hydrogen-bond donors (Lipinski definition) is 2. The number of carboxylic acid groups (broad SMARTS) is 1. The van der Waals surface area contributed by atoms with Gasteiger partial charge in [-0.1, -0.05) is 0 Å². The first kappa shape index (κ1) is 9.31. The van der Waals surface area contributed by atoms with Crippen LogP contribution in [0.15, 0.2) is 23.1 Å². The lowest BCUT2D eigenvalue weighted by Crippen LogP contribution is -2.06. The SMILES string of the molecule is Cc1ocnc1CN/C=C/C(=O)O. The van der Waals surface area contributed by atoms with Crippen molar-refractivity contribution < 1.29 is 14.3 Å². The van der Waals surface area contributed by atoms with Crippen LogP contribution < -0.4 is 5.32 Å². The maximum Gasteiger partial charge on any atom is 0.329 e. The topological polar surface area (TPSA) is 75.4 Å². The highest BCUT2D eigenvalue weighted by Gasteiger charge is 1.99. The van der Waals surface area contributed by atoms with Gasteiger partial charge in [0.25, 0.3) is 0 Å². The molecular weight excluding hydrogens is 172 g/mol. The van der Waals surface area contributed by atoms with Crippen LogP contribution in [0, 0.1) is 6.92 Å². The minimum atomic E-state index is -0.982. The van der Waals surface area contributed by atoms with E-state index in [-0.39, 0.29) is 0 Å². The molecule has 0 aliphatic carbocycles. The van der Waals surface area contributed by atoms with Gasteiger partial charge in [-0.05, 0) is 6.92 Å². The van der Waals surface area contributed by atoms with Crippen molar-refractivity contribution in [1.29, 1.82) is 0 Å². The van der Waals surface area contributed by atoms with Gasteiger partial charge in [0.05, 0.1) is 6.54 Å². The Balaban J connectivity index is 2.36. The fourth-order valence-corrected chi connectivity index (χ4v) is 0.784. The third-order valence-electron chi connectivity index (χ3n) is 1.46. The van der Waals surface area contributed by atoms with Crippen molar-refractivity contribution in [3.63, 3.8) is 0 Å². The molecule has 0 aromatic carbocycles. The van der Waals surface area contributed by atoms with E-state index in [2.05, 4.69) is 10.3 Å². The van der Waals surface area contributed by atoms with Gasteiger partial charge in [0, 0.05) is 12.3 Å². The van der Waals surface area contributed by atoms with Crippen molar-refractivity contribution >= 4 is 5.97 Å². The maximum atomic E-state index is 10.1. The fraction of sp³-hybridized carbons (Fsp3) is 0.250. The normalized spacial score (nSPS) is 10.5. The second-order valence-corrected chi connectivity index (χ2v) is 2.41. The molecule has 0 aliphatic heterocycles. The molecule has 0 saturated carbocycles. The Hall–Kier alpha value is -1.78. The van der Waals surface area contributed by atoms with E-state index in [0.717, 1.165) is 17.5 Å². The second-order valence-electron chi connectivity index (χ2n) is 2.41. The average Bonchev–Trinajstić information content (AvgIpc) is 2.45. The molecule has 70 valence electrons. The smallest absolute Gasteiger partial charge is 0.329 e. The molecule has 0 radical (unpaired) electrons. The van der Waals surface area contributed by atoms with Crippen LogP contribution in [0.3, 0.4) is 0 Å². The summed E-state index contributed by atoms with van der Waals surface area (Å²) in [4.78, 5) is 14.0. The van der Waals surface area contributed by atoms with Gasteiger partial charge in [0.2, 0.25) is 0 Å². The van der Waals surface area contributed by atoms with E-state index in [0.29, 0.717) is 6.54 Å². The van der Waals surface area contributed by atoms with Crippen LogP contribution >= 0.6 is 0 Å². The number of oxazole rings is 1. The summed E-state index contributed by atoms with van der Waals surface area (Å²) in [6, 6.07) is 0. The fourth-order valence-electron chi connectivity index (χ4n) is 0.784. The highest BCUT2D eigenvalue weighted by Crippen LogP contribution is 2.02. The van der Waals surface area contributed by atoms with Crippen LogP contribution in [0.5, 0.6) is 0 Å². The Labute approximate surface area is 75.1 Å². The van der Waals surface area contributed by atoms with Crippen LogP contribution in [-0.4, -0.2) is 16.1 Å². The minimum absolute atomic E-state index is 0.464. The lowest BCUT2D eigenvalue weighted by atomic mass is 10.3. The number of aryl methyl sites for hydroxylation is 1. The van der Waals surface area contributed by atoms with Crippen LogP contribution in [0.1, 0.15) is 11.5 Å². The van der Waals surface area contributed by atoms with Gasteiger partial charge >= 0.3 is 5.97 Å². The zero-order valence-electron chi connectivity index (χ0n) is 7.15. The molecule has 0 atom stereocenters. The molecule has 5 nitrogen and oxygen atoms in total. The number of aliphatic carboxylic acids is 1. The molecule has 0 saturated heterocycles. The first-order valence-electron chi connectivity index (χ1n) is 3.72. The van der Waals surface area contributed by atoms with Gasteiger partial charge in [-0.2, -0.15) is 0 Å². The Kier molecular flexibility index (Phi) is 3.08. The molecule has 0 spiro atoms. The minimum Gasteiger partial charge on any atom is -0.478 e. The van der Waals surface area contributed by atoms with Crippen LogP contribution in [0.25, 0.3) is 0 Å². The van der Waals surface area contributed by atoms with Crippen molar-refractivity contribution in [2.45, 2.75) is 13.5 Å². The van der Waals surface area contributed by atoms with E-state index in [1.54, 1.807) is 6.92 Å². The van der Waals surface area contributed by atoms with E-state index in [9.17, 15) is 4.79 Å². The number of rotatable bonds is 4. The van der Waals surface area contributed by atoms with E-state index >= 15 is 0 Å². The summed E-state index contributed by atoms with van der Waals surface area (Å²) >= 11 is 0. The number of nitrogens with one attached hydrogen (secondary N) is 1. The molecule has 2 N–H and O–H groups in total. The third-order valence-corrected chi connectivity index (χ3v) is 1.46. The Morgan fingerprint density at radius 3 is 3.15 bits per heavy atom. The van der Waals surface area contributed by atoms with Gasteiger partial charge in [-0.25, -0.2) is 9.78 Å². The lowest BCUT2D eigenvalue weighted by Gasteiger charge is -1.95. The Bertz CT molecular complexity index is 317. The lowest BCUT2D eigenvalue weighted by molar-refractivity contribution is -0.131. The van der Waals surface area contributed by atoms with Crippen LogP contribution in [0.2, 0.25) is 0 Å². The summed E-state index contributed by atoms with van der Waals surface area (Å²) in [5.41, 5.74) is 0.773. The molecule has 1 aromatic heterocycles. The average molecular weight is 182 g/mol. The van der Waals surface area contributed by atoms with Gasteiger partial charge in [-0.15, -0.1) is 0 Å². The summed E-state index contributed by atoms with van der Waals surface area (Å²) in [5, 5.41) is 11.0. The molecule has 1 aromatic rings. The maximum absolute atomic E-state index is 10.1. The molecule has 1 heterocycles. The third kappa shape index (κ3) is 2.98. The second kappa shape index (κ2) is 4.30. The quantitative estimate of drug-likeness (QED) is 0.669. The summed E-state index contributed by atoms with van der Waals surface area (Å²) in [6.07, 6.45) is 3.74. The number of carbonyl (C=O) groups is 1. The zero-order valence-corrected chi connectivity index (χ0v) is 7.15. The van der Waals surface area contributed by atoms with Gasteiger partial charge < -0.3 is 14.8 Å². The van der Waals surface area contributed by atoms with Gasteiger partial charge in [-0.3, -0.25) is 0 Å². The van der Waals surface area contributed by atoms with E-state index < -0.39 is 5.97 Å². The summed E-state index contributed by atoms with van der Waals surface area (Å²) in [7, 11) is 0. The first-order valence-corrected chi connectivity index (χ1v) is 3.72. The Morgan fingerprint density at radius 2 is 2.62 bits per heavy atom. The van der Waals surface area contributed by atoms with Crippen molar-refractivity contribution in [2.24, 2.45) is 0 Å². The molecule has 0 unspecified atom stereocenters.